The van der Waals surface area contributed by atoms with E-state index < -0.39 is 0 Å². The molecular weight excluding hydrogens is 250 g/mol. The lowest BCUT2D eigenvalue weighted by atomic mass is 10.0. The van der Waals surface area contributed by atoms with E-state index in [-0.39, 0.29) is 6.04 Å². The minimum atomic E-state index is 0.00676. The molecule has 1 aromatic carbocycles. The number of hydrogen-bond donors (Lipinski definition) is 1. The number of fused-ring (bicyclic) bond motifs is 1. The van der Waals surface area contributed by atoms with E-state index in [1.165, 1.54) is 0 Å². The predicted octanol–water partition coefficient (Wildman–Crippen LogP) is 2.06. The summed E-state index contributed by atoms with van der Waals surface area (Å²) in [6, 6.07) is 8.26. The number of rotatable bonds is 4. The highest BCUT2D eigenvalue weighted by Crippen LogP contribution is 2.27. The van der Waals surface area contributed by atoms with Gasteiger partial charge in [-0.3, -0.25) is 4.68 Å². The number of aromatic nitrogens is 4. The van der Waals surface area contributed by atoms with Crippen molar-refractivity contribution in [2.45, 2.75) is 13.0 Å². The van der Waals surface area contributed by atoms with Crippen LogP contribution in [-0.2, 0) is 7.05 Å². The maximum absolute atomic E-state index is 4.68. The first-order valence-corrected chi connectivity index (χ1v) is 6.71. The summed E-state index contributed by atoms with van der Waals surface area (Å²) in [6.07, 6.45) is 5.22. The summed E-state index contributed by atoms with van der Waals surface area (Å²) in [5.41, 5.74) is 3.17. The second kappa shape index (κ2) is 5.38. The topological polar surface area (TPSA) is 55.6 Å². The molecule has 0 spiro atoms. The average molecular weight is 267 g/mol. The minimum Gasteiger partial charge on any atom is -0.305 e. The molecule has 0 saturated carbocycles. The van der Waals surface area contributed by atoms with Crippen molar-refractivity contribution in [3.05, 3.63) is 54.2 Å². The van der Waals surface area contributed by atoms with Gasteiger partial charge in [-0.2, -0.15) is 5.10 Å². The SMILES string of the molecule is CCNC(c1cncnc1)c1nn(C)c2ccccc12. The zero-order valence-corrected chi connectivity index (χ0v) is 11.6. The van der Waals surface area contributed by atoms with Crippen LogP contribution in [0, 0.1) is 0 Å². The molecule has 0 fully saturated rings. The summed E-state index contributed by atoms with van der Waals surface area (Å²) < 4.78 is 1.92. The molecule has 0 aliphatic carbocycles. The Morgan fingerprint density at radius 1 is 1.20 bits per heavy atom. The summed E-state index contributed by atoms with van der Waals surface area (Å²) in [5.74, 6) is 0. The summed E-state index contributed by atoms with van der Waals surface area (Å²) in [5, 5.41) is 9.31. The summed E-state index contributed by atoms with van der Waals surface area (Å²) in [4.78, 5) is 8.23. The lowest BCUT2D eigenvalue weighted by Gasteiger charge is -2.15. The van der Waals surface area contributed by atoms with Gasteiger partial charge in [0, 0.05) is 30.4 Å². The van der Waals surface area contributed by atoms with Gasteiger partial charge in [-0.25, -0.2) is 9.97 Å². The van der Waals surface area contributed by atoms with Crippen molar-refractivity contribution in [2.75, 3.05) is 6.54 Å². The van der Waals surface area contributed by atoms with E-state index in [1.54, 1.807) is 6.33 Å². The molecule has 0 radical (unpaired) electrons. The lowest BCUT2D eigenvalue weighted by molar-refractivity contribution is 0.600. The van der Waals surface area contributed by atoms with Gasteiger partial charge in [-0.1, -0.05) is 25.1 Å². The third kappa shape index (κ3) is 2.16. The van der Waals surface area contributed by atoms with Crippen molar-refractivity contribution >= 4 is 10.9 Å². The molecule has 3 rings (SSSR count). The molecule has 20 heavy (non-hydrogen) atoms. The van der Waals surface area contributed by atoms with E-state index in [4.69, 9.17) is 0 Å². The van der Waals surface area contributed by atoms with Crippen molar-refractivity contribution in [3.8, 4) is 0 Å². The Hall–Kier alpha value is -2.27. The Morgan fingerprint density at radius 2 is 1.95 bits per heavy atom. The number of hydrogen-bond acceptors (Lipinski definition) is 4. The van der Waals surface area contributed by atoms with Crippen LogP contribution in [0.4, 0.5) is 0 Å². The Kier molecular flexibility index (Phi) is 3.43. The largest absolute Gasteiger partial charge is 0.305 e. The monoisotopic (exact) mass is 267 g/mol. The van der Waals surface area contributed by atoms with Crippen LogP contribution in [0.5, 0.6) is 0 Å². The molecule has 1 atom stereocenters. The Labute approximate surface area is 117 Å². The van der Waals surface area contributed by atoms with Crippen molar-refractivity contribution < 1.29 is 0 Å². The quantitative estimate of drug-likeness (QED) is 0.786. The molecule has 5 heteroatoms. The fourth-order valence-corrected chi connectivity index (χ4v) is 2.49. The molecule has 0 aliphatic heterocycles. The van der Waals surface area contributed by atoms with Crippen molar-refractivity contribution in [2.24, 2.45) is 7.05 Å². The van der Waals surface area contributed by atoms with Crippen LogP contribution >= 0.6 is 0 Å². The van der Waals surface area contributed by atoms with Crippen molar-refractivity contribution in [1.29, 1.82) is 0 Å². The fourth-order valence-electron chi connectivity index (χ4n) is 2.49. The van der Waals surface area contributed by atoms with Crippen LogP contribution in [0.3, 0.4) is 0 Å². The first-order valence-electron chi connectivity index (χ1n) is 6.71. The number of nitrogens with one attached hydrogen (secondary N) is 1. The molecule has 2 aromatic heterocycles. The Bertz CT molecular complexity index is 705. The molecule has 102 valence electrons. The number of para-hydroxylation sites is 1. The van der Waals surface area contributed by atoms with Gasteiger partial charge >= 0.3 is 0 Å². The van der Waals surface area contributed by atoms with E-state index in [9.17, 15) is 0 Å². The minimum absolute atomic E-state index is 0.00676. The van der Waals surface area contributed by atoms with E-state index in [0.717, 1.165) is 28.7 Å². The highest BCUT2D eigenvalue weighted by atomic mass is 15.3. The highest BCUT2D eigenvalue weighted by Gasteiger charge is 2.20. The summed E-state index contributed by atoms with van der Waals surface area (Å²) >= 11 is 0. The smallest absolute Gasteiger partial charge is 0.115 e. The van der Waals surface area contributed by atoms with Gasteiger partial charge in [0.25, 0.3) is 0 Å². The Balaban J connectivity index is 2.15. The molecule has 0 saturated heterocycles. The van der Waals surface area contributed by atoms with Crippen LogP contribution < -0.4 is 5.32 Å². The molecule has 2 heterocycles. The Morgan fingerprint density at radius 3 is 2.70 bits per heavy atom. The van der Waals surface area contributed by atoms with Gasteiger partial charge < -0.3 is 5.32 Å². The van der Waals surface area contributed by atoms with Gasteiger partial charge in [0.05, 0.1) is 17.3 Å². The maximum atomic E-state index is 4.68. The zero-order valence-electron chi connectivity index (χ0n) is 11.6. The van der Waals surface area contributed by atoms with Gasteiger partial charge in [-0.05, 0) is 12.6 Å². The summed E-state index contributed by atoms with van der Waals surface area (Å²) in [7, 11) is 1.97. The molecule has 0 amide bonds. The van der Waals surface area contributed by atoms with Crippen LogP contribution in [0.25, 0.3) is 10.9 Å². The first kappa shape index (κ1) is 12.7. The zero-order chi connectivity index (χ0) is 13.9. The van der Waals surface area contributed by atoms with Gasteiger partial charge in [0.15, 0.2) is 0 Å². The standard InChI is InChI=1S/C15H17N5/c1-3-18-14(11-8-16-10-17-9-11)15-12-6-4-5-7-13(12)20(2)19-15/h4-10,14,18H,3H2,1-2H3. The van der Waals surface area contributed by atoms with Crippen LogP contribution in [0.15, 0.2) is 43.0 Å². The molecular formula is C15H17N5. The lowest BCUT2D eigenvalue weighted by Crippen LogP contribution is -2.23. The molecule has 1 unspecified atom stereocenters. The van der Waals surface area contributed by atoms with Crippen LogP contribution in [0.2, 0.25) is 0 Å². The summed E-state index contributed by atoms with van der Waals surface area (Å²) in [6.45, 7) is 2.94. The van der Waals surface area contributed by atoms with Crippen LogP contribution in [-0.4, -0.2) is 26.3 Å². The fraction of sp³-hybridized carbons (Fsp3) is 0.267. The number of benzene rings is 1. The van der Waals surface area contributed by atoms with E-state index in [0.29, 0.717) is 0 Å². The molecule has 0 bridgehead atoms. The van der Waals surface area contributed by atoms with E-state index in [2.05, 4.69) is 39.4 Å². The third-order valence-corrected chi connectivity index (χ3v) is 3.38. The first-order chi connectivity index (χ1) is 9.81. The number of nitrogens with zero attached hydrogens (tertiary/aromatic N) is 4. The van der Waals surface area contributed by atoms with Gasteiger partial charge in [0.2, 0.25) is 0 Å². The molecule has 3 aromatic rings. The second-order valence-electron chi connectivity index (χ2n) is 4.69. The molecule has 1 N–H and O–H groups in total. The van der Waals surface area contributed by atoms with E-state index in [1.807, 2.05) is 36.3 Å². The van der Waals surface area contributed by atoms with E-state index >= 15 is 0 Å². The second-order valence-corrected chi connectivity index (χ2v) is 4.69. The van der Waals surface area contributed by atoms with Crippen molar-refractivity contribution in [1.82, 2.24) is 25.1 Å². The van der Waals surface area contributed by atoms with Crippen LogP contribution in [0.1, 0.15) is 24.2 Å². The highest BCUT2D eigenvalue weighted by molar-refractivity contribution is 5.82. The molecule has 0 aliphatic rings. The normalized spacial score (nSPS) is 12.7. The molecule has 5 nitrogen and oxygen atoms in total. The van der Waals surface area contributed by atoms with Gasteiger partial charge in [0.1, 0.15) is 6.33 Å². The predicted molar refractivity (Wildman–Crippen MR) is 78.3 cm³/mol. The third-order valence-electron chi connectivity index (χ3n) is 3.38. The average Bonchev–Trinajstić information content (AvgIpc) is 2.83. The van der Waals surface area contributed by atoms with Gasteiger partial charge in [-0.15, -0.1) is 0 Å². The van der Waals surface area contributed by atoms with Crippen molar-refractivity contribution in [3.63, 3.8) is 0 Å². The number of aryl methyl sites for hydroxylation is 1. The maximum Gasteiger partial charge on any atom is 0.115 e.